The summed E-state index contributed by atoms with van der Waals surface area (Å²) in [5, 5.41) is 8.82. The van der Waals surface area contributed by atoms with Crippen molar-refractivity contribution in [1.82, 2.24) is 4.72 Å². The van der Waals surface area contributed by atoms with Crippen LogP contribution in [-0.4, -0.2) is 32.4 Å². The standard InChI is InChI=1S/C11H23NO3S/c1-10(8-13)7-12-16(14,15)9-11-5-3-2-4-6-11/h10-13H,2-9H2,1H3. The fourth-order valence-corrected chi connectivity index (χ4v) is 3.67. The molecule has 0 bridgehead atoms. The van der Waals surface area contributed by atoms with E-state index in [1.807, 2.05) is 6.92 Å². The first kappa shape index (κ1) is 13.9. The highest BCUT2D eigenvalue weighted by Crippen LogP contribution is 2.24. The lowest BCUT2D eigenvalue weighted by Gasteiger charge is -2.21. The van der Waals surface area contributed by atoms with Gasteiger partial charge >= 0.3 is 0 Å². The Bertz CT molecular complexity index is 284. The fraction of sp³-hybridized carbons (Fsp3) is 1.00. The van der Waals surface area contributed by atoms with Crippen LogP contribution in [0, 0.1) is 11.8 Å². The lowest BCUT2D eigenvalue weighted by Crippen LogP contribution is -2.34. The van der Waals surface area contributed by atoms with Gasteiger partial charge in [0.15, 0.2) is 0 Å². The Labute approximate surface area is 98.5 Å². The highest BCUT2D eigenvalue weighted by molar-refractivity contribution is 7.89. The van der Waals surface area contributed by atoms with Gasteiger partial charge < -0.3 is 5.11 Å². The minimum absolute atomic E-state index is 0.0128. The van der Waals surface area contributed by atoms with Crippen LogP contribution in [0.15, 0.2) is 0 Å². The minimum atomic E-state index is -3.15. The predicted molar refractivity (Wildman–Crippen MR) is 64.6 cm³/mol. The Morgan fingerprint density at radius 1 is 1.31 bits per heavy atom. The van der Waals surface area contributed by atoms with E-state index in [0.717, 1.165) is 25.7 Å². The van der Waals surface area contributed by atoms with Crippen molar-refractivity contribution in [2.75, 3.05) is 18.9 Å². The van der Waals surface area contributed by atoms with Crippen molar-refractivity contribution in [2.45, 2.75) is 39.0 Å². The number of aliphatic hydroxyl groups excluding tert-OH is 1. The molecule has 0 aromatic rings. The molecule has 96 valence electrons. The molecular weight excluding hydrogens is 226 g/mol. The van der Waals surface area contributed by atoms with Crippen LogP contribution in [0.3, 0.4) is 0 Å². The van der Waals surface area contributed by atoms with Crippen LogP contribution in [0.1, 0.15) is 39.0 Å². The van der Waals surface area contributed by atoms with E-state index in [2.05, 4.69) is 4.72 Å². The number of rotatable bonds is 6. The molecule has 1 rings (SSSR count). The molecule has 0 aliphatic heterocycles. The Morgan fingerprint density at radius 2 is 1.94 bits per heavy atom. The molecule has 5 heteroatoms. The Hall–Kier alpha value is -0.130. The van der Waals surface area contributed by atoms with Gasteiger partial charge in [-0.05, 0) is 24.7 Å². The van der Waals surface area contributed by atoms with Gasteiger partial charge in [0.05, 0.1) is 5.75 Å². The molecule has 1 saturated carbocycles. The zero-order chi connectivity index (χ0) is 12.0. The van der Waals surface area contributed by atoms with E-state index in [4.69, 9.17) is 5.11 Å². The Balaban J connectivity index is 2.32. The molecule has 1 aliphatic carbocycles. The first-order valence-electron chi connectivity index (χ1n) is 6.11. The maximum absolute atomic E-state index is 11.7. The van der Waals surface area contributed by atoms with Crippen molar-refractivity contribution in [3.63, 3.8) is 0 Å². The van der Waals surface area contributed by atoms with Crippen LogP contribution in [-0.2, 0) is 10.0 Å². The Morgan fingerprint density at radius 3 is 2.50 bits per heavy atom. The van der Waals surface area contributed by atoms with E-state index in [0.29, 0.717) is 12.5 Å². The second-order valence-electron chi connectivity index (χ2n) is 4.92. The van der Waals surface area contributed by atoms with Gasteiger partial charge in [-0.25, -0.2) is 13.1 Å². The van der Waals surface area contributed by atoms with Gasteiger partial charge in [0.2, 0.25) is 10.0 Å². The highest BCUT2D eigenvalue weighted by Gasteiger charge is 2.21. The molecule has 1 fully saturated rings. The van der Waals surface area contributed by atoms with E-state index < -0.39 is 10.0 Å². The number of aliphatic hydroxyl groups is 1. The number of sulfonamides is 1. The molecule has 2 N–H and O–H groups in total. The van der Waals surface area contributed by atoms with Crippen molar-refractivity contribution in [1.29, 1.82) is 0 Å². The second-order valence-corrected chi connectivity index (χ2v) is 6.77. The van der Waals surface area contributed by atoms with Crippen LogP contribution < -0.4 is 4.72 Å². The first-order chi connectivity index (χ1) is 7.53. The summed E-state index contributed by atoms with van der Waals surface area (Å²) in [6, 6.07) is 0. The SMILES string of the molecule is CC(CO)CNS(=O)(=O)CC1CCCCC1. The first-order valence-corrected chi connectivity index (χ1v) is 7.77. The third kappa shape index (κ3) is 5.27. The molecule has 0 amide bonds. The molecule has 1 aliphatic rings. The average Bonchev–Trinajstić information content (AvgIpc) is 2.27. The maximum atomic E-state index is 11.7. The number of nitrogens with one attached hydrogen (secondary N) is 1. The fourth-order valence-electron chi connectivity index (χ4n) is 2.06. The van der Waals surface area contributed by atoms with Gasteiger partial charge in [-0.2, -0.15) is 0 Å². The van der Waals surface area contributed by atoms with Crippen molar-refractivity contribution in [3.05, 3.63) is 0 Å². The summed E-state index contributed by atoms with van der Waals surface area (Å²) < 4.78 is 26.0. The minimum Gasteiger partial charge on any atom is -0.396 e. The van der Waals surface area contributed by atoms with Gasteiger partial charge in [-0.15, -0.1) is 0 Å². The predicted octanol–water partition coefficient (Wildman–Crippen LogP) is 1.11. The van der Waals surface area contributed by atoms with Crippen LogP contribution in [0.4, 0.5) is 0 Å². The third-order valence-corrected chi connectivity index (χ3v) is 4.66. The van der Waals surface area contributed by atoms with Crippen molar-refractivity contribution >= 4 is 10.0 Å². The van der Waals surface area contributed by atoms with Crippen LogP contribution in [0.2, 0.25) is 0 Å². The van der Waals surface area contributed by atoms with E-state index in [1.54, 1.807) is 0 Å². The zero-order valence-electron chi connectivity index (χ0n) is 9.98. The van der Waals surface area contributed by atoms with Crippen LogP contribution in [0.25, 0.3) is 0 Å². The highest BCUT2D eigenvalue weighted by atomic mass is 32.2. The summed E-state index contributed by atoms with van der Waals surface area (Å²) in [6.07, 6.45) is 5.64. The molecule has 0 radical (unpaired) electrons. The molecule has 0 aromatic heterocycles. The van der Waals surface area contributed by atoms with Gasteiger partial charge in [-0.3, -0.25) is 0 Å². The smallest absolute Gasteiger partial charge is 0.211 e. The van der Waals surface area contributed by atoms with Gasteiger partial charge in [0.1, 0.15) is 0 Å². The van der Waals surface area contributed by atoms with E-state index in [-0.39, 0.29) is 18.3 Å². The maximum Gasteiger partial charge on any atom is 0.211 e. The third-order valence-electron chi connectivity index (χ3n) is 3.14. The molecule has 0 heterocycles. The molecule has 0 saturated heterocycles. The molecule has 16 heavy (non-hydrogen) atoms. The molecular formula is C11H23NO3S. The zero-order valence-corrected chi connectivity index (χ0v) is 10.8. The van der Waals surface area contributed by atoms with E-state index >= 15 is 0 Å². The average molecular weight is 249 g/mol. The summed E-state index contributed by atoms with van der Waals surface area (Å²) in [4.78, 5) is 0. The number of hydrogen-bond donors (Lipinski definition) is 2. The molecule has 1 unspecified atom stereocenters. The lowest BCUT2D eigenvalue weighted by molar-refractivity contribution is 0.238. The Kier molecular flexibility index (Phi) is 5.72. The monoisotopic (exact) mass is 249 g/mol. The van der Waals surface area contributed by atoms with Crippen molar-refractivity contribution < 1.29 is 13.5 Å². The summed E-state index contributed by atoms with van der Waals surface area (Å²) in [5.74, 6) is 0.572. The largest absolute Gasteiger partial charge is 0.396 e. The van der Waals surface area contributed by atoms with Gasteiger partial charge in [0, 0.05) is 13.2 Å². The topological polar surface area (TPSA) is 66.4 Å². The molecule has 4 nitrogen and oxygen atoms in total. The molecule has 1 atom stereocenters. The summed E-state index contributed by atoms with van der Waals surface area (Å²) in [7, 11) is -3.15. The lowest BCUT2D eigenvalue weighted by atomic mass is 9.91. The molecule has 0 aromatic carbocycles. The number of hydrogen-bond acceptors (Lipinski definition) is 3. The summed E-state index contributed by atoms with van der Waals surface area (Å²) in [6.45, 7) is 2.18. The quantitative estimate of drug-likeness (QED) is 0.741. The van der Waals surface area contributed by atoms with Crippen molar-refractivity contribution in [2.24, 2.45) is 11.8 Å². The van der Waals surface area contributed by atoms with Crippen molar-refractivity contribution in [3.8, 4) is 0 Å². The normalized spacial score (nSPS) is 20.9. The molecule has 0 spiro atoms. The van der Waals surface area contributed by atoms with Gasteiger partial charge in [0.25, 0.3) is 0 Å². The van der Waals surface area contributed by atoms with Crippen LogP contribution >= 0.6 is 0 Å². The van der Waals surface area contributed by atoms with Crippen LogP contribution in [0.5, 0.6) is 0 Å². The van der Waals surface area contributed by atoms with Gasteiger partial charge in [-0.1, -0.05) is 26.2 Å². The van der Waals surface area contributed by atoms with E-state index in [9.17, 15) is 8.42 Å². The van der Waals surface area contributed by atoms with E-state index in [1.165, 1.54) is 6.42 Å². The summed E-state index contributed by atoms with van der Waals surface area (Å²) >= 11 is 0. The summed E-state index contributed by atoms with van der Waals surface area (Å²) in [5.41, 5.74) is 0. The second kappa shape index (κ2) is 6.57.